The Morgan fingerprint density at radius 3 is 2.86 bits per heavy atom. The minimum Gasteiger partial charge on any atom is -0.482 e. The standard InChI is InChI=1S/C21H21N3O4S/c1-2-27-20(26)12-28-17-10-6-3-7-14(17)21-24(19(25)13-29-21)11-18-22-15-8-4-5-9-16(15)23-18/h3-10,21H,2,11-13H2,1H3,(H,22,23). The SMILES string of the molecule is CCOC(=O)COc1ccccc1C1SCC(=O)N1Cc1nc2ccccc2[nH]1. The summed E-state index contributed by atoms with van der Waals surface area (Å²) in [6.45, 7) is 2.27. The average Bonchev–Trinajstić information content (AvgIpc) is 3.30. The van der Waals surface area contributed by atoms with E-state index < -0.39 is 5.97 Å². The van der Waals surface area contributed by atoms with E-state index >= 15 is 0 Å². The van der Waals surface area contributed by atoms with E-state index in [0.717, 1.165) is 22.4 Å². The molecule has 7 nitrogen and oxygen atoms in total. The van der Waals surface area contributed by atoms with E-state index in [2.05, 4.69) is 9.97 Å². The van der Waals surface area contributed by atoms with Gasteiger partial charge in [-0.05, 0) is 25.1 Å². The topological polar surface area (TPSA) is 84.5 Å². The van der Waals surface area contributed by atoms with Gasteiger partial charge in [-0.3, -0.25) is 4.79 Å². The monoisotopic (exact) mass is 411 g/mol. The highest BCUT2D eigenvalue weighted by atomic mass is 32.2. The van der Waals surface area contributed by atoms with Gasteiger partial charge in [0.05, 0.1) is 29.9 Å². The van der Waals surface area contributed by atoms with E-state index in [1.54, 1.807) is 17.9 Å². The van der Waals surface area contributed by atoms with Crippen molar-refractivity contribution in [1.82, 2.24) is 14.9 Å². The Balaban J connectivity index is 1.55. The predicted octanol–water partition coefficient (Wildman–Crippen LogP) is 3.28. The molecule has 0 bridgehead atoms. The largest absolute Gasteiger partial charge is 0.482 e. The molecular weight excluding hydrogens is 390 g/mol. The van der Waals surface area contributed by atoms with Crippen molar-refractivity contribution >= 4 is 34.7 Å². The fourth-order valence-electron chi connectivity index (χ4n) is 3.28. The number of aromatic amines is 1. The molecule has 3 aromatic rings. The van der Waals surface area contributed by atoms with Crippen LogP contribution in [0.15, 0.2) is 48.5 Å². The van der Waals surface area contributed by atoms with E-state index in [1.165, 1.54) is 11.8 Å². The van der Waals surface area contributed by atoms with Crippen LogP contribution in [0.5, 0.6) is 5.75 Å². The molecule has 1 fully saturated rings. The number of rotatable bonds is 7. The highest BCUT2D eigenvalue weighted by Crippen LogP contribution is 2.43. The van der Waals surface area contributed by atoms with Crippen LogP contribution in [0.25, 0.3) is 11.0 Å². The molecule has 1 aliphatic rings. The molecule has 2 heterocycles. The number of imidazole rings is 1. The summed E-state index contributed by atoms with van der Waals surface area (Å²) in [7, 11) is 0. The summed E-state index contributed by atoms with van der Waals surface area (Å²) >= 11 is 1.54. The summed E-state index contributed by atoms with van der Waals surface area (Å²) in [6.07, 6.45) is 0. The molecule has 0 aliphatic carbocycles. The van der Waals surface area contributed by atoms with Gasteiger partial charge in [-0.2, -0.15) is 0 Å². The van der Waals surface area contributed by atoms with Crippen LogP contribution in [0.3, 0.4) is 0 Å². The average molecular weight is 411 g/mol. The molecule has 0 spiro atoms. The first-order valence-corrected chi connectivity index (χ1v) is 10.4. The number of nitrogens with one attached hydrogen (secondary N) is 1. The summed E-state index contributed by atoms with van der Waals surface area (Å²) in [5, 5.41) is -0.214. The van der Waals surface area contributed by atoms with E-state index in [9.17, 15) is 9.59 Å². The molecule has 1 amide bonds. The predicted molar refractivity (Wildman–Crippen MR) is 110 cm³/mol. The number of ether oxygens (including phenoxy) is 2. The Morgan fingerprint density at radius 1 is 1.24 bits per heavy atom. The summed E-state index contributed by atoms with van der Waals surface area (Å²) in [6, 6.07) is 15.2. The van der Waals surface area contributed by atoms with Gasteiger partial charge in [-0.1, -0.05) is 30.3 Å². The molecule has 1 N–H and O–H groups in total. The molecule has 150 valence electrons. The zero-order chi connectivity index (χ0) is 20.2. The minimum absolute atomic E-state index is 0.0423. The van der Waals surface area contributed by atoms with Gasteiger partial charge in [0, 0.05) is 5.56 Å². The van der Waals surface area contributed by atoms with Crippen molar-refractivity contribution < 1.29 is 19.1 Å². The summed E-state index contributed by atoms with van der Waals surface area (Å²) in [4.78, 5) is 33.9. The van der Waals surface area contributed by atoms with Gasteiger partial charge in [-0.25, -0.2) is 9.78 Å². The molecular formula is C21H21N3O4S. The highest BCUT2D eigenvalue weighted by molar-refractivity contribution is 8.00. The van der Waals surface area contributed by atoms with Crippen LogP contribution in [-0.4, -0.2) is 45.7 Å². The van der Waals surface area contributed by atoms with Gasteiger partial charge in [0.1, 0.15) is 16.9 Å². The van der Waals surface area contributed by atoms with Crippen LogP contribution in [0.2, 0.25) is 0 Å². The second-order valence-corrected chi connectivity index (χ2v) is 7.59. The number of esters is 1. The van der Waals surface area contributed by atoms with Crippen molar-refractivity contribution in [3.05, 3.63) is 59.9 Å². The molecule has 4 rings (SSSR count). The van der Waals surface area contributed by atoms with E-state index in [0.29, 0.717) is 24.7 Å². The lowest BCUT2D eigenvalue weighted by Crippen LogP contribution is -2.28. The van der Waals surface area contributed by atoms with Gasteiger partial charge < -0.3 is 19.4 Å². The van der Waals surface area contributed by atoms with Crippen molar-refractivity contribution in [2.45, 2.75) is 18.8 Å². The van der Waals surface area contributed by atoms with Gasteiger partial charge >= 0.3 is 5.97 Å². The highest BCUT2D eigenvalue weighted by Gasteiger charge is 2.35. The van der Waals surface area contributed by atoms with Crippen LogP contribution in [0.4, 0.5) is 0 Å². The number of nitrogens with zero attached hydrogens (tertiary/aromatic N) is 2. The fraction of sp³-hybridized carbons (Fsp3) is 0.286. The van der Waals surface area contributed by atoms with Gasteiger partial charge in [0.25, 0.3) is 0 Å². The maximum Gasteiger partial charge on any atom is 0.344 e. The van der Waals surface area contributed by atoms with E-state index in [-0.39, 0.29) is 17.9 Å². The third-order valence-electron chi connectivity index (χ3n) is 4.56. The number of carbonyl (C=O) groups excluding carboxylic acids is 2. The summed E-state index contributed by atoms with van der Waals surface area (Å²) < 4.78 is 10.6. The van der Waals surface area contributed by atoms with Crippen LogP contribution in [0, 0.1) is 0 Å². The van der Waals surface area contributed by atoms with Crippen LogP contribution in [0.1, 0.15) is 23.7 Å². The molecule has 1 unspecified atom stereocenters. The maximum absolute atomic E-state index is 12.6. The third kappa shape index (κ3) is 4.22. The van der Waals surface area contributed by atoms with Crippen molar-refractivity contribution in [3.8, 4) is 5.75 Å². The number of hydrogen-bond donors (Lipinski definition) is 1. The van der Waals surface area contributed by atoms with E-state index in [1.807, 2.05) is 42.5 Å². The molecule has 1 atom stereocenters. The third-order valence-corrected chi connectivity index (χ3v) is 5.80. The second kappa shape index (κ2) is 8.57. The van der Waals surface area contributed by atoms with Crippen molar-refractivity contribution in [2.75, 3.05) is 19.0 Å². The molecule has 0 saturated carbocycles. The molecule has 2 aromatic carbocycles. The molecule has 0 radical (unpaired) electrons. The number of carbonyl (C=O) groups is 2. The van der Waals surface area contributed by atoms with Crippen LogP contribution < -0.4 is 4.74 Å². The maximum atomic E-state index is 12.6. The molecule has 8 heteroatoms. The van der Waals surface area contributed by atoms with Gasteiger partial charge in [0.15, 0.2) is 6.61 Å². The first kappa shape index (κ1) is 19.3. The lowest BCUT2D eigenvalue weighted by Gasteiger charge is -2.25. The lowest BCUT2D eigenvalue weighted by molar-refractivity contribution is -0.145. The number of aromatic nitrogens is 2. The number of amides is 1. The number of benzene rings is 2. The Kier molecular flexibility index (Phi) is 5.71. The van der Waals surface area contributed by atoms with Gasteiger partial charge in [0.2, 0.25) is 5.91 Å². The first-order chi connectivity index (χ1) is 14.2. The van der Waals surface area contributed by atoms with Crippen molar-refractivity contribution in [3.63, 3.8) is 0 Å². The summed E-state index contributed by atoms with van der Waals surface area (Å²) in [5.74, 6) is 1.31. The Morgan fingerprint density at radius 2 is 2.03 bits per heavy atom. The molecule has 1 aromatic heterocycles. The normalized spacial score (nSPS) is 16.4. The van der Waals surface area contributed by atoms with Crippen LogP contribution >= 0.6 is 11.8 Å². The number of para-hydroxylation sites is 3. The molecule has 1 saturated heterocycles. The Hall–Kier alpha value is -3.00. The number of fused-ring (bicyclic) bond motifs is 1. The smallest absolute Gasteiger partial charge is 0.344 e. The molecule has 1 aliphatic heterocycles. The molecule has 29 heavy (non-hydrogen) atoms. The van der Waals surface area contributed by atoms with Crippen LogP contribution in [-0.2, 0) is 20.9 Å². The number of thioether (sulfide) groups is 1. The Bertz CT molecular complexity index is 1000. The zero-order valence-electron chi connectivity index (χ0n) is 16.0. The van der Waals surface area contributed by atoms with Crippen molar-refractivity contribution in [2.24, 2.45) is 0 Å². The lowest BCUT2D eigenvalue weighted by atomic mass is 10.2. The number of hydrogen-bond acceptors (Lipinski definition) is 6. The van der Waals surface area contributed by atoms with E-state index in [4.69, 9.17) is 9.47 Å². The van der Waals surface area contributed by atoms with Crippen molar-refractivity contribution in [1.29, 1.82) is 0 Å². The summed E-state index contributed by atoms with van der Waals surface area (Å²) in [5.41, 5.74) is 2.66. The van der Waals surface area contributed by atoms with Gasteiger partial charge in [-0.15, -0.1) is 11.8 Å². The number of H-pyrrole nitrogens is 1. The zero-order valence-corrected chi connectivity index (χ0v) is 16.8. The fourth-order valence-corrected chi connectivity index (χ4v) is 4.49. The minimum atomic E-state index is -0.420. The quantitative estimate of drug-likeness (QED) is 0.601. The second-order valence-electron chi connectivity index (χ2n) is 6.52. The first-order valence-electron chi connectivity index (χ1n) is 9.37. The Labute approximate surface area is 172 Å².